The molecule has 0 unspecified atom stereocenters. The van der Waals surface area contributed by atoms with Crippen molar-refractivity contribution in [1.29, 1.82) is 0 Å². The average Bonchev–Trinajstić information content (AvgIpc) is 3.12. The maximum Gasteiger partial charge on any atom is 0.169 e. The van der Waals surface area contributed by atoms with Gasteiger partial charge in [-0.15, -0.1) is 23.1 Å². The van der Waals surface area contributed by atoms with E-state index in [1.54, 1.807) is 0 Å². The summed E-state index contributed by atoms with van der Waals surface area (Å²) in [6.45, 7) is 4.15. The standard InChI is InChI=1S/C15H14N2S3/c1-9-8-19-11-5-3-4-10(12(9)11)13-14(18-2)20-15-16-6-7-17(13)15/h3-5,8H,6-7H2,1-2H3. The molecule has 2 nitrogen and oxygen atoms in total. The summed E-state index contributed by atoms with van der Waals surface area (Å²) < 4.78 is 2.75. The highest BCUT2D eigenvalue weighted by Gasteiger charge is 2.33. The summed E-state index contributed by atoms with van der Waals surface area (Å²) in [7, 11) is 0. The average molecular weight is 318 g/mol. The van der Waals surface area contributed by atoms with Gasteiger partial charge in [0, 0.05) is 22.2 Å². The number of aliphatic imine (C=N–C) groups is 1. The molecule has 1 aromatic heterocycles. The van der Waals surface area contributed by atoms with E-state index in [2.05, 4.69) is 46.7 Å². The van der Waals surface area contributed by atoms with Crippen LogP contribution in [0.1, 0.15) is 11.1 Å². The molecule has 0 bridgehead atoms. The fourth-order valence-electron chi connectivity index (χ4n) is 2.80. The van der Waals surface area contributed by atoms with Crippen molar-refractivity contribution in [3.63, 3.8) is 0 Å². The number of thiophene rings is 1. The van der Waals surface area contributed by atoms with Crippen LogP contribution in [0, 0.1) is 6.92 Å². The van der Waals surface area contributed by atoms with E-state index in [9.17, 15) is 0 Å². The van der Waals surface area contributed by atoms with E-state index in [0.717, 1.165) is 13.1 Å². The van der Waals surface area contributed by atoms with Crippen molar-refractivity contribution in [2.75, 3.05) is 19.3 Å². The van der Waals surface area contributed by atoms with Gasteiger partial charge in [0.05, 0.1) is 16.5 Å². The molecule has 2 aliphatic heterocycles. The second-order valence-corrected chi connectivity index (χ2v) is 7.82. The van der Waals surface area contributed by atoms with Gasteiger partial charge in [0.15, 0.2) is 5.17 Å². The number of hydrogen-bond donors (Lipinski definition) is 0. The maximum atomic E-state index is 4.61. The smallest absolute Gasteiger partial charge is 0.169 e. The van der Waals surface area contributed by atoms with Crippen LogP contribution in [0.4, 0.5) is 0 Å². The summed E-state index contributed by atoms with van der Waals surface area (Å²) in [5.41, 5.74) is 4.11. The number of aryl methyl sites for hydroxylation is 1. The minimum absolute atomic E-state index is 0.923. The Hall–Kier alpha value is -0.910. The summed E-state index contributed by atoms with van der Waals surface area (Å²) in [4.78, 5) is 7.01. The summed E-state index contributed by atoms with van der Waals surface area (Å²) >= 11 is 5.49. The second kappa shape index (κ2) is 4.83. The lowest BCUT2D eigenvalue weighted by Gasteiger charge is -2.18. The first-order chi connectivity index (χ1) is 9.79. The molecule has 4 rings (SSSR count). The van der Waals surface area contributed by atoms with E-state index in [0.29, 0.717) is 0 Å². The van der Waals surface area contributed by atoms with Crippen LogP contribution in [-0.4, -0.2) is 29.4 Å². The van der Waals surface area contributed by atoms with Crippen molar-refractivity contribution in [3.8, 4) is 0 Å². The molecule has 0 aliphatic carbocycles. The van der Waals surface area contributed by atoms with Crippen molar-refractivity contribution in [2.24, 2.45) is 4.99 Å². The van der Waals surface area contributed by atoms with E-state index in [1.165, 1.54) is 36.3 Å². The second-order valence-electron chi connectivity index (χ2n) is 4.86. The molecule has 0 radical (unpaired) electrons. The molecule has 0 atom stereocenters. The number of hydrogen-bond acceptors (Lipinski definition) is 5. The molecule has 0 fully saturated rings. The predicted molar refractivity (Wildman–Crippen MR) is 93.6 cm³/mol. The zero-order valence-electron chi connectivity index (χ0n) is 11.3. The van der Waals surface area contributed by atoms with E-state index < -0.39 is 0 Å². The SMILES string of the molecule is CSC1=C(c2cccc3scc(C)c23)N2CCN=C2S1. The molecule has 102 valence electrons. The third-order valence-electron chi connectivity index (χ3n) is 3.67. The molecule has 2 aliphatic rings. The normalized spacial score (nSPS) is 18.1. The summed E-state index contributed by atoms with van der Waals surface area (Å²) in [5, 5.41) is 4.84. The Morgan fingerprint density at radius 2 is 2.25 bits per heavy atom. The largest absolute Gasteiger partial charge is 0.317 e. The van der Waals surface area contributed by atoms with Crippen LogP contribution < -0.4 is 0 Å². The van der Waals surface area contributed by atoms with Crippen molar-refractivity contribution < 1.29 is 0 Å². The lowest BCUT2D eigenvalue weighted by atomic mass is 10.0. The number of thioether (sulfide) groups is 2. The van der Waals surface area contributed by atoms with Gasteiger partial charge in [-0.05, 0) is 42.0 Å². The van der Waals surface area contributed by atoms with E-state index in [1.807, 2.05) is 34.9 Å². The van der Waals surface area contributed by atoms with Crippen LogP contribution in [0.2, 0.25) is 0 Å². The third kappa shape index (κ3) is 1.76. The van der Waals surface area contributed by atoms with E-state index in [-0.39, 0.29) is 0 Å². The number of fused-ring (bicyclic) bond motifs is 2. The first-order valence-electron chi connectivity index (χ1n) is 6.55. The third-order valence-corrected chi connectivity index (χ3v) is 6.96. The Balaban J connectivity index is 1.98. The molecule has 3 heterocycles. The highest BCUT2D eigenvalue weighted by Crippen LogP contribution is 2.48. The maximum absolute atomic E-state index is 4.61. The quantitative estimate of drug-likeness (QED) is 0.803. The Bertz CT molecular complexity index is 758. The first kappa shape index (κ1) is 12.8. The Labute approximate surface area is 131 Å². The van der Waals surface area contributed by atoms with Gasteiger partial charge in [0.1, 0.15) is 0 Å². The number of nitrogens with zero attached hydrogens (tertiary/aromatic N) is 2. The van der Waals surface area contributed by atoms with Crippen molar-refractivity contribution in [2.45, 2.75) is 6.92 Å². The van der Waals surface area contributed by atoms with Gasteiger partial charge in [0.25, 0.3) is 0 Å². The number of benzene rings is 1. The molecule has 1 aromatic carbocycles. The van der Waals surface area contributed by atoms with Crippen LogP contribution in [0.15, 0.2) is 32.8 Å². The molecule has 5 heteroatoms. The molecule has 0 spiro atoms. The molecule has 0 N–H and O–H groups in total. The number of rotatable bonds is 2. The van der Waals surface area contributed by atoms with Gasteiger partial charge in [-0.2, -0.15) is 0 Å². The van der Waals surface area contributed by atoms with Crippen molar-refractivity contribution >= 4 is 55.8 Å². The molecular formula is C15H14N2S3. The fraction of sp³-hybridized carbons (Fsp3) is 0.267. The minimum atomic E-state index is 0.923. The summed E-state index contributed by atoms with van der Waals surface area (Å²) in [5.74, 6) is 0. The lowest BCUT2D eigenvalue weighted by molar-refractivity contribution is 0.650. The van der Waals surface area contributed by atoms with Gasteiger partial charge < -0.3 is 4.90 Å². The lowest BCUT2D eigenvalue weighted by Crippen LogP contribution is -2.20. The van der Waals surface area contributed by atoms with Crippen molar-refractivity contribution in [3.05, 3.63) is 38.9 Å². The number of amidine groups is 1. The predicted octanol–water partition coefficient (Wildman–Crippen LogP) is 4.62. The zero-order valence-corrected chi connectivity index (χ0v) is 13.8. The molecule has 0 saturated carbocycles. The van der Waals surface area contributed by atoms with Crippen LogP contribution in [0.5, 0.6) is 0 Å². The molecule has 2 aromatic rings. The van der Waals surface area contributed by atoms with Crippen LogP contribution >= 0.6 is 34.9 Å². The van der Waals surface area contributed by atoms with E-state index in [4.69, 9.17) is 0 Å². The van der Waals surface area contributed by atoms with Gasteiger partial charge >= 0.3 is 0 Å². The zero-order chi connectivity index (χ0) is 13.7. The fourth-order valence-corrected chi connectivity index (χ4v) is 5.67. The minimum Gasteiger partial charge on any atom is -0.317 e. The monoisotopic (exact) mass is 318 g/mol. The molecule has 0 amide bonds. The van der Waals surface area contributed by atoms with Gasteiger partial charge in [-0.3, -0.25) is 4.99 Å². The molecule has 20 heavy (non-hydrogen) atoms. The van der Waals surface area contributed by atoms with Gasteiger partial charge in [-0.1, -0.05) is 12.1 Å². The first-order valence-corrected chi connectivity index (χ1v) is 9.47. The highest BCUT2D eigenvalue weighted by molar-refractivity contribution is 8.30. The van der Waals surface area contributed by atoms with Crippen LogP contribution in [0.3, 0.4) is 0 Å². The topological polar surface area (TPSA) is 15.6 Å². The van der Waals surface area contributed by atoms with Gasteiger partial charge in [0.2, 0.25) is 0 Å². The Morgan fingerprint density at radius 1 is 1.35 bits per heavy atom. The van der Waals surface area contributed by atoms with Crippen LogP contribution in [0.25, 0.3) is 15.8 Å². The van der Waals surface area contributed by atoms with Gasteiger partial charge in [-0.25, -0.2) is 0 Å². The Kier molecular flexibility index (Phi) is 3.09. The van der Waals surface area contributed by atoms with Crippen molar-refractivity contribution in [1.82, 2.24) is 4.90 Å². The Morgan fingerprint density at radius 3 is 3.10 bits per heavy atom. The molecular weight excluding hydrogens is 304 g/mol. The van der Waals surface area contributed by atoms with Crippen LogP contribution in [-0.2, 0) is 0 Å². The van der Waals surface area contributed by atoms with E-state index >= 15 is 0 Å². The highest BCUT2D eigenvalue weighted by atomic mass is 32.2. The summed E-state index contributed by atoms with van der Waals surface area (Å²) in [6.07, 6.45) is 2.16. The molecule has 0 saturated heterocycles. The summed E-state index contributed by atoms with van der Waals surface area (Å²) in [6, 6.07) is 6.65.